The average Bonchev–Trinajstić information content (AvgIpc) is 2.74. The smallest absolute Gasteiger partial charge is 0.226 e. The van der Waals surface area contributed by atoms with Gasteiger partial charge in [0.1, 0.15) is 0 Å². The quantitative estimate of drug-likeness (QED) is 0.572. The van der Waals surface area contributed by atoms with E-state index in [1.54, 1.807) is 0 Å². The Bertz CT molecular complexity index is 762. The maximum absolute atomic E-state index is 12.5. The molecule has 1 aromatic carbocycles. The molecule has 1 aliphatic carbocycles. The first-order valence-electron chi connectivity index (χ1n) is 10.9. The number of carbonyl (C=O) groups is 2. The second kappa shape index (κ2) is 9.93. The predicted molar refractivity (Wildman–Crippen MR) is 116 cm³/mol. The Morgan fingerprint density at radius 2 is 1.93 bits per heavy atom. The molecule has 0 radical (unpaired) electrons. The first-order chi connectivity index (χ1) is 14.0. The van der Waals surface area contributed by atoms with Crippen molar-refractivity contribution in [3.05, 3.63) is 29.8 Å². The number of amides is 2. The van der Waals surface area contributed by atoms with Crippen molar-refractivity contribution >= 4 is 17.5 Å². The number of hydrogen-bond donors (Lipinski definition) is 2. The molecule has 2 aliphatic rings. The first-order valence-corrected chi connectivity index (χ1v) is 10.9. The molecule has 2 amide bonds. The minimum Gasteiger partial charge on any atom is -0.355 e. The second-order valence-electron chi connectivity index (χ2n) is 8.27. The molecule has 0 unspecified atom stereocenters. The number of nitrogens with one attached hydrogen (secondary N) is 2. The largest absolute Gasteiger partial charge is 0.355 e. The Hall–Kier alpha value is -2.32. The van der Waals surface area contributed by atoms with Crippen LogP contribution in [0.4, 0.5) is 5.69 Å². The van der Waals surface area contributed by atoms with Crippen molar-refractivity contribution < 1.29 is 9.59 Å². The number of anilines is 1. The molecule has 1 saturated carbocycles. The van der Waals surface area contributed by atoms with Crippen LogP contribution < -0.4 is 15.5 Å². The van der Waals surface area contributed by atoms with Crippen LogP contribution in [0.15, 0.2) is 24.3 Å². The van der Waals surface area contributed by atoms with Crippen LogP contribution in [0.25, 0.3) is 0 Å². The van der Waals surface area contributed by atoms with E-state index < -0.39 is 0 Å². The lowest BCUT2D eigenvalue weighted by Crippen LogP contribution is -2.47. The van der Waals surface area contributed by atoms with Crippen LogP contribution in [-0.4, -0.2) is 30.4 Å². The maximum Gasteiger partial charge on any atom is 0.226 e. The molecule has 1 aliphatic heterocycles. The number of benzene rings is 1. The topological polar surface area (TPSA) is 61.4 Å². The third-order valence-corrected chi connectivity index (χ3v) is 6.26. The molecule has 3 rings (SSSR count). The van der Waals surface area contributed by atoms with Gasteiger partial charge in [-0.2, -0.15) is 0 Å². The molecule has 156 valence electrons. The SMILES string of the molecule is C#CCCNC(=O)C1CCC(N[C@@H]2C[C@H](C)N(C(=O)CC)c3ccccc32)CC1. The van der Waals surface area contributed by atoms with E-state index in [2.05, 4.69) is 41.7 Å². The van der Waals surface area contributed by atoms with Crippen LogP contribution in [-0.2, 0) is 9.59 Å². The number of carbonyl (C=O) groups excluding carboxylic acids is 2. The van der Waals surface area contributed by atoms with Crippen LogP contribution in [0, 0.1) is 18.3 Å². The number of terminal acetylenes is 1. The fourth-order valence-corrected chi connectivity index (χ4v) is 4.73. The summed E-state index contributed by atoms with van der Waals surface area (Å²) in [5.74, 6) is 2.98. The molecule has 5 nitrogen and oxygen atoms in total. The molecule has 1 heterocycles. The summed E-state index contributed by atoms with van der Waals surface area (Å²) in [4.78, 5) is 26.7. The lowest BCUT2D eigenvalue weighted by Gasteiger charge is -2.41. The Labute approximate surface area is 174 Å². The van der Waals surface area contributed by atoms with Gasteiger partial charge in [0.25, 0.3) is 0 Å². The number of hydrogen-bond acceptors (Lipinski definition) is 3. The summed E-state index contributed by atoms with van der Waals surface area (Å²) in [6.07, 6.45) is 11.1. The lowest BCUT2D eigenvalue weighted by atomic mass is 9.83. The standard InChI is InChI=1S/C24H33N3O2/c1-4-6-15-25-24(29)18-11-13-19(14-12-18)26-21-16-17(3)27(23(28)5-2)22-10-8-7-9-20(21)22/h1,7-10,17-19,21,26H,5-6,11-16H2,2-3H3,(H,25,29)/t17-,18?,19?,21+/m0/s1. The van der Waals surface area contributed by atoms with E-state index in [0.717, 1.165) is 37.8 Å². The highest BCUT2D eigenvalue weighted by Crippen LogP contribution is 2.38. The number of nitrogens with zero attached hydrogens (tertiary/aromatic N) is 1. The van der Waals surface area contributed by atoms with Crippen molar-refractivity contribution in [2.24, 2.45) is 5.92 Å². The molecule has 0 saturated heterocycles. The van der Waals surface area contributed by atoms with Gasteiger partial charge in [0.2, 0.25) is 11.8 Å². The summed E-state index contributed by atoms with van der Waals surface area (Å²) in [6.45, 7) is 4.62. The summed E-state index contributed by atoms with van der Waals surface area (Å²) in [7, 11) is 0. The van der Waals surface area contributed by atoms with E-state index in [-0.39, 0.29) is 29.8 Å². The van der Waals surface area contributed by atoms with Gasteiger partial charge in [-0.15, -0.1) is 12.3 Å². The van der Waals surface area contributed by atoms with Gasteiger partial charge in [0.05, 0.1) is 0 Å². The van der Waals surface area contributed by atoms with Crippen molar-refractivity contribution in [3.8, 4) is 12.3 Å². The molecule has 0 spiro atoms. The highest BCUT2D eigenvalue weighted by atomic mass is 16.2. The van der Waals surface area contributed by atoms with Gasteiger partial charge in [-0.3, -0.25) is 9.59 Å². The Balaban J connectivity index is 1.61. The maximum atomic E-state index is 12.5. The van der Waals surface area contributed by atoms with Crippen LogP contribution in [0.3, 0.4) is 0 Å². The third kappa shape index (κ3) is 5.00. The van der Waals surface area contributed by atoms with Gasteiger partial charge < -0.3 is 15.5 Å². The van der Waals surface area contributed by atoms with Gasteiger partial charge >= 0.3 is 0 Å². The second-order valence-corrected chi connectivity index (χ2v) is 8.27. The van der Waals surface area contributed by atoms with Crippen molar-refractivity contribution in [2.75, 3.05) is 11.4 Å². The van der Waals surface area contributed by atoms with Crippen LogP contribution >= 0.6 is 0 Å². The predicted octanol–water partition coefficient (Wildman–Crippen LogP) is 3.55. The minimum absolute atomic E-state index is 0.0982. The lowest BCUT2D eigenvalue weighted by molar-refractivity contribution is -0.126. The van der Waals surface area contributed by atoms with Gasteiger partial charge in [-0.25, -0.2) is 0 Å². The molecule has 5 heteroatoms. The zero-order chi connectivity index (χ0) is 20.8. The van der Waals surface area contributed by atoms with E-state index in [1.807, 2.05) is 17.9 Å². The fourth-order valence-electron chi connectivity index (χ4n) is 4.73. The minimum atomic E-state index is 0.0982. The highest BCUT2D eigenvalue weighted by Gasteiger charge is 2.35. The Morgan fingerprint density at radius 3 is 2.62 bits per heavy atom. The van der Waals surface area contributed by atoms with Crippen LogP contribution in [0.1, 0.15) is 70.4 Å². The summed E-state index contributed by atoms with van der Waals surface area (Å²) >= 11 is 0. The molecule has 1 aromatic rings. The van der Waals surface area contributed by atoms with Crippen molar-refractivity contribution in [1.82, 2.24) is 10.6 Å². The first kappa shape index (κ1) is 21.4. The summed E-state index contributed by atoms with van der Waals surface area (Å²) in [5, 5.41) is 6.79. The fraction of sp³-hybridized carbons (Fsp3) is 0.583. The molecule has 29 heavy (non-hydrogen) atoms. The van der Waals surface area contributed by atoms with E-state index in [9.17, 15) is 9.59 Å². The number of para-hydroxylation sites is 1. The average molecular weight is 396 g/mol. The molecule has 0 aromatic heterocycles. The Morgan fingerprint density at radius 1 is 1.21 bits per heavy atom. The highest BCUT2D eigenvalue weighted by molar-refractivity contribution is 5.95. The molecular formula is C24H33N3O2. The molecule has 2 atom stereocenters. The van der Waals surface area contributed by atoms with Gasteiger partial charge in [0.15, 0.2) is 0 Å². The van der Waals surface area contributed by atoms with Gasteiger partial charge in [-0.1, -0.05) is 25.1 Å². The molecule has 2 N–H and O–H groups in total. The van der Waals surface area contributed by atoms with E-state index in [0.29, 0.717) is 25.4 Å². The van der Waals surface area contributed by atoms with Gasteiger partial charge in [-0.05, 0) is 50.7 Å². The third-order valence-electron chi connectivity index (χ3n) is 6.26. The molecule has 1 fully saturated rings. The summed E-state index contributed by atoms with van der Waals surface area (Å²) in [5.41, 5.74) is 2.25. The normalized spacial score (nSPS) is 26.3. The van der Waals surface area contributed by atoms with Crippen LogP contribution in [0.5, 0.6) is 0 Å². The van der Waals surface area contributed by atoms with Crippen molar-refractivity contribution in [2.45, 2.75) is 76.9 Å². The van der Waals surface area contributed by atoms with Gasteiger partial charge in [0, 0.05) is 49.1 Å². The summed E-state index contributed by atoms with van der Waals surface area (Å²) < 4.78 is 0. The molecular weight excluding hydrogens is 362 g/mol. The van der Waals surface area contributed by atoms with E-state index in [4.69, 9.17) is 6.42 Å². The van der Waals surface area contributed by atoms with Crippen molar-refractivity contribution in [3.63, 3.8) is 0 Å². The number of rotatable bonds is 6. The van der Waals surface area contributed by atoms with Crippen LogP contribution in [0.2, 0.25) is 0 Å². The van der Waals surface area contributed by atoms with E-state index >= 15 is 0 Å². The van der Waals surface area contributed by atoms with Crippen molar-refractivity contribution in [1.29, 1.82) is 0 Å². The summed E-state index contributed by atoms with van der Waals surface area (Å²) in [6, 6.07) is 9.08. The zero-order valence-electron chi connectivity index (χ0n) is 17.6. The zero-order valence-corrected chi connectivity index (χ0v) is 17.6. The Kier molecular flexibility index (Phi) is 7.33. The number of fused-ring (bicyclic) bond motifs is 1. The van der Waals surface area contributed by atoms with E-state index in [1.165, 1.54) is 5.56 Å². The monoisotopic (exact) mass is 395 g/mol. The molecule has 0 bridgehead atoms.